The van der Waals surface area contributed by atoms with Crippen LogP contribution in [0.3, 0.4) is 0 Å². The fourth-order valence-electron chi connectivity index (χ4n) is 3.21. The smallest absolute Gasteiger partial charge is 0.140 e. The molecule has 24 heavy (non-hydrogen) atoms. The summed E-state index contributed by atoms with van der Waals surface area (Å²) in [5.41, 5.74) is 1.09. The summed E-state index contributed by atoms with van der Waals surface area (Å²) in [7, 11) is 1.70. The van der Waals surface area contributed by atoms with Gasteiger partial charge in [-0.05, 0) is 17.5 Å². The molecular formula is C19H20N2O3. The predicted octanol–water partition coefficient (Wildman–Crippen LogP) is 3.13. The lowest BCUT2D eigenvalue weighted by Gasteiger charge is -2.24. The minimum atomic E-state index is 0.0659. The van der Waals surface area contributed by atoms with Crippen molar-refractivity contribution < 1.29 is 14.2 Å². The molecule has 2 heterocycles. The quantitative estimate of drug-likeness (QED) is 0.740. The summed E-state index contributed by atoms with van der Waals surface area (Å²) in [4.78, 5) is 4.58. The van der Waals surface area contributed by atoms with Crippen LogP contribution in [-0.2, 0) is 16.0 Å². The van der Waals surface area contributed by atoms with Crippen LogP contribution in [0.1, 0.15) is 0 Å². The molecule has 0 aliphatic carbocycles. The first kappa shape index (κ1) is 15.2. The van der Waals surface area contributed by atoms with E-state index in [4.69, 9.17) is 14.2 Å². The lowest BCUT2D eigenvalue weighted by Crippen LogP contribution is -2.32. The Hall–Kier alpha value is -2.37. The molecule has 1 fully saturated rings. The third-order valence-corrected chi connectivity index (χ3v) is 4.35. The molecule has 0 radical (unpaired) electrons. The van der Waals surface area contributed by atoms with Crippen LogP contribution in [0.25, 0.3) is 22.2 Å². The zero-order valence-corrected chi connectivity index (χ0v) is 13.6. The summed E-state index contributed by atoms with van der Waals surface area (Å²) in [5, 5.41) is 2.22. The van der Waals surface area contributed by atoms with Crippen LogP contribution in [0.5, 0.6) is 5.75 Å². The molecule has 1 unspecified atom stereocenters. The van der Waals surface area contributed by atoms with Crippen molar-refractivity contribution in [3.05, 3.63) is 48.8 Å². The van der Waals surface area contributed by atoms with Gasteiger partial charge >= 0.3 is 0 Å². The third-order valence-electron chi connectivity index (χ3n) is 4.35. The van der Waals surface area contributed by atoms with Crippen molar-refractivity contribution in [3.63, 3.8) is 0 Å². The Labute approximate surface area is 140 Å². The highest BCUT2D eigenvalue weighted by Gasteiger charge is 2.18. The number of aromatic nitrogens is 2. The van der Waals surface area contributed by atoms with Crippen molar-refractivity contribution in [1.82, 2.24) is 9.55 Å². The lowest BCUT2D eigenvalue weighted by molar-refractivity contribution is -0.0934. The predicted molar refractivity (Wildman–Crippen MR) is 92.3 cm³/mol. The Balaban J connectivity index is 1.75. The average Bonchev–Trinajstić information content (AvgIpc) is 3.09. The zero-order chi connectivity index (χ0) is 16.4. The zero-order valence-electron chi connectivity index (χ0n) is 13.6. The van der Waals surface area contributed by atoms with Crippen molar-refractivity contribution in [1.29, 1.82) is 0 Å². The fourth-order valence-corrected chi connectivity index (χ4v) is 3.21. The maximum absolute atomic E-state index is 5.77. The van der Waals surface area contributed by atoms with Gasteiger partial charge < -0.3 is 18.8 Å². The summed E-state index contributed by atoms with van der Waals surface area (Å²) in [6.07, 6.45) is 3.89. The fraction of sp³-hybridized carbons (Fsp3) is 0.316. The van der Waals surface area contributed by atoms with Gasteiger partial charge in [-0.15, -0.1) is 0 Å². The molecule has 1 aliphatic rings. The SMILES string of the molecule is COc1ccc(-c2nccn2CC2COCCO2)c2ccccc12. The van der Waals surface area contributed by atoms with E-state index in [1.165, 1.54) is 0 Å². The van der Waals surface area contributed by atoms with Gasteiger partial charge in [0.25, 0.3) is 0 Å². The third kappa shape index (κ3) is 2.77. The molecule has 3 aromatic rings. The summed E-state index contributed by atoms with van der Waals surface area (Å²) in [6.45, 7) is 2.69. The van der Waals surface area contributed by atoms with Crippen LogP contribution in [0.4, 0.5) is 0 Å². The second-order valence-electron chi connectivity index (χ2n) is 5.83. The van der Waals surface area contributed by atoms with Gasteiger partial charge in [0.2, 0.25) is 0 Å². The molecule has 1 aliphatic heterocycles. The van der Waals surface area contributed by atoms with E-state index in [1.54, 1.807) is 7.11 Å². The molecule has 1 aromatic heterocycles. The van der Waals surface area contributed by atoms with E-state index in [9.17, 15) is 0 Å². The number of ether oxygens (including phenoxy) is 3. The monoisotopic (exact) mass is 324 g/mol. The van der Waals surface area contributed by atoms with Crippen molar-refractivity contribution in [2.24, 2.45) is 0 Å². The van der Waals surface area contributed by atoms with Crippen LogP contribution in [0, 0.1) is 0 Å². The molecular weight excluding hydrogens is 304 g/mol. The number of hydrogen-bond donors (Lipinski definition) is 0. The van der Waals surface area contributed by atoms with Crippen LogP contribution in [0.15, 0.2) is 48.8 Å². The number of imidazole rings is 1. The maximum atomic E-state index is 5.77. The van der Waals surface area contributed by atoms with Gasteiger partial charge in [0.1, 0.15) is 11.6 Å². The summed E-state index contributed by atoms with van der Waals surface area (Å²) < 4.78 is 18.9. The van der Waals surface area contributed by atoms with E-state index in [0.29, 0.717) is 19.8 Å². The van der Waals surface area contributed by atoms with E-state index in [-0.39, 0.29) is 6.10 Å². The van der Waals surface area contributed by atoms with Gasteiger partial charge in [-0.3, -0.25) is 0 Å². The molecule has 0 amide bonds. The Morgan fingerprint density at radius 2 is 2.04 bits per heavy atom. The standard InChI is InChI=1S/C19H20N2O3/c1-22-18-7-6-17(15-4-2-3-5-16(15)18)19-20-8-9-21(19)12-14-13-23-10-11-24-14/h2-9,14H,10-13H2,1H3. The summed E-state index contributed by atoms with van der Waals surface area (Å²) >= 11 is 0. The van der Waals surface area contributed by atoms with Gasteiger partial charge in [-0.25, -0.2) is 4.98 Å². The highest BCUT2D eigenvalue weighted by Crippen LogP contribution is 2.33. The normalized spacial score (nSPS) is 18.0. The van der Waals surface area contributed by atoms with E-state index in [1.807, 2.05) is 30.6 Å². The van der Waals surface area contributed by atoms with Gasteiger partial charge in [-0.2, -0.15) is 0 Å². The number of methoxy groups -OCH3 is 1. The number of benzene rings is 2. The molecule has 1 saturated heterocycles. The van der Waals surface area contributed by atoms with E-state index in [2.05, 4.69) is 27.8 Å². The molecule has 0 spiro atoms. The van der Waals surface area contributed by atoms with Crippen molar-refractivity contribution in [2.75, 3.05) is 26.9 Å². The van der Waals surface area contributed by atoms with E-state index in [0.717, 1.165) is 34.5 Å². The first-order valence-electron chi connectivity index (χ1n) is 8.13. The lowest BCUT2D eigenvalue weighted by atomic mass is 10.0. The highest BCUT2D eigenvalue weighted by molar-refractivity contribution is 5.98. The molecule has 4 rings (SSSR count). The average molecular weight is 324 g/mol. The minimum Gasteiger partial charge on any atom is -0.496 e. The van der Waals surface area contributed by atoms with Crippen LogP contribution in [-0.4, -0.2) is 42.6 Å². The molecule has 124 valence electrons. The van der Waals surface area contributed by atoms with Gasteiger partial charge in [-0.1, -0.05) is 24.3 Å². The van der Waals surface area contributed by atoms with Crippen LogP contribution >= 0.6 is 0 Å². The second-order valence-corrected chi connectivity index (χ2v) is 5.83. The second kappa shape index (κ2) is 6.63. The summed E-state index contributed by atoms with van der Waals surface area (Å²) in [6, 6.07) is 12.3. The molecule has 0 bridgehead atoms. The molecule has 0 saturated carbocycles. The largest absolute Gasteiger partial charge is 0.496 e. The van der Waals surface area contributed by atoms with Crippen molar-refractivity contribution in [3.8, 4) is 17.1 Å². The van der Waals surface area contributed by atoms with E-state index < -0.39 is 0 Å². The Morgan fingerprint density at radius 3 is 2.83 bits per heavy atom. The molecule has 0 N–H and O–H groups in total. The Bertz CT molecular complexity index is 837. The van der Waals surface area contributed by atoms with Crippen LogP contribution < -0.4 is 4.74 Å². The van der Waals surface area contributed by atoms with E-state index >= 15 is 0 Å². The van der Waals surface area contributed by atoms with Gasteiger partial charge in [0, 0.05) is 23.3 Å². The van der Waals surface area contributed by atoms with Crippen molar-refractivity contribution >= 4 is 10.8 Å². The molecule has 1 atom stereocenters. The number of hydrogen-bond acceptors (Lipinski definition) is 4. The maximum Gasteiger partial charge on any atom is 0.140 e. The van der Waals surface area contributed by atoms with Crippen LogP contribution in [0.2, 0.25) is 0 Å². The Kier molecular flexibility index (Phi) is 4.19. The highest BCUT2D eigenvalue weighted by atomic mass is 16.6. The van der Waals surface area contributed by atoms with Gasteiger partial charge in [0.15, 0.2) is 0 Å². The molecule has 5 heteroatoms. The number of nitrogens with zero attached hydrogens (tertiary/aromatic N) is 2. The minimum absolute atomic E-state index is 0.0659. The molecule has 2 aromatic carbocycles. The Morgan fingerprint density at radius 1 is 1.17 bits per heavy atom. The number of rotatable bonds is 4. The number of fused-ring (bicyclic) bond motifs is 1. The first-order chi connectivity index (χ1) is 11.9. The van der Waals surface area contributed by atoms with Crippen molar-refractivity contribution in [2.45, 2.75) is 12.6 Å². The summed E-state index contributed by atoms with van der Waals surface area (Å²) in [5.74, 6) is 1.81. The first-order valence-corrected chi connectivity index (χ1v) is 8.13. The topological polar surface area (TPSA) is 45.5 Å². The van der Waals surface area contributed by atoms with Gasteiger partial charge in [0.05, 0.1) is 39.6 Å². The molecule has 5 nitrogen and oxygen atoms in total.